The molecular weight excluding hydrogens is 320 g/mol. The van der Waals surface area contributed by atoms with Crippen molar-refractivity contribution in [3.05, 3.63) is 72.3 Å². The number of carbonyl (C=O) groups is 1. The van der Waals surface area contributed by atoms with Gasteiger partial charge in [0.1, 0.15) is 18.1 Å². The predicted octanol–water partition coefficient (Wildman–Crippen LogP) is 2.79. The van der Waals surface area contributed by atoms with E-state index in [-0.39, 0.29) is 5.75 Å². The fourth-order valence-corrected chi connectivity index (χ4v) is 2.12. The lowest BCUT2D eigenvalue weighted by Gasteiger charge is -2.13. The Hall–Kier alpha value is -3.12. The summed E-state index contributed by atoms with van der Waals surface area (Å²) in [5.74, 6) is 0.100. The minimum atomic E-state index is -0.762. The van der Waals surface area contributed by atoms with Crippen LogP contribution in [0.2, 0.25) is 0 Å². The molecule has 0 heterocycles. The molecule has 1 atom stereocenters. The lowest BCUT2D eigenvalue weighted by Crippen LogP contribution is -2.26. The molecule has 1 amide bonds. The Balaban J connectivity index is 2.00. The second-order valence-corrected chi connectivity index (χ2v) is 5.08. The van der Waals surface area contributed by atoms with Crippen molar-refractivity contribution in [1.82, 2.24) is 5.43 Å². The summed E-state index contributed by atoms with van der Waals surface area (Å²) in [6, 6.07) is 13.9. The van der Waals surface area contributed by atoms with Crippen LogP contribution in [0.1, 0.15) is 17.2 Å². The molecule has 6 heteroatoms. The summed E-state index contributed by atoms with van der Waals surface area (Å²) >= 11 is 0. The SMILES string of the molecule is C=CCOc1ccc(/C=N\NC(=O)[C@@H](OC)c2ccccc2)c(O)c1. The van der Waals surface area contributed by atoms with Gasteiger partial charge >= 0.3 is 0 Å². The quantitative estimate of drug-likeness (QED) is 0.440. The Labute approximate surface area is 146 Å². The molecule has 0 unspecified atom stereocenters. The lowest BCUT2D eigenvalue weighted by atomic mass is 10.1. The normalized spacial score (nSPS) is 11.9. The van der Waals surface area contributed by atoms with Crippen molar-refractivity contribution in [2.45, 2.75) is 6.10 Å². The van der Waals surface area contributed by atoms with Crippen LogP contribution in [0.3, 0.4) is 0 Å². The molecule has 0 aliphatic carbocycles. The van der Waals surface area contributed by atoms with Gasteiger partial charge < -0.3 is 14.6 Å². The summed E-state index contributed by atoms with van der Waals surface area (Å²) in [5.41, 5.74) is 3.58. The fourth-order valence-electron chi connectivity index (χ4n) is 2.12. The summed E-state index contributed by atoms with van der Waals surface area (Å²) in [6.07, 6.45) is 2.20. The second kappa shape index (κ2) is 9.24. The molecule has 0 aliphatic rings. The van der Waals surface area contributed by atoms with Gasteiger partial charge in [-0.05, 0) is 17.7 Å². The number of methoxy groups -OCH3 is 1. The Morgan fingerprint density at radius 2 is 2.08 bits per heavy atom. The Morgan fingerprint density at radius 1 is 1.32 bits per heavy atom. The van der Waals surface area contributed by atoms with Gasteiger partial charge in [0.2, 0.25) is 0 Å². The van der Waals surface area contributed by atoms with Crippen molar-refractivity contribution >= 4 is 12.1 Å². The number of phenols is 1. The molecule has 0 aliphatic heterocycles. The Kier molecular flexibility index (Phi) is 6.74. The van der Waals surface area contributed by atoms with E-state index in [9.17, 15) is 9.90 Å². The zero-order chi connectivity index (χ0) is 18.1. The number of aromatic hydroxyl groups is 1. The molecule has 0 radical (unpaired) electrons. The van der Waals surface area contributed by atoms with Gasteiger partial charge in [0.15, 0.2) is 6.10 Å². The van der Waals surface area contributed by atoms with Crippen LogP contribution in [0.25, 0.3) is 0 Å². The van der Waals surface area contributed by atoms with Crippen molar-refractivity contribution in [2.24, 2.45) is 5.10 Å². The standard InChI is InChI=1S/C19H20N2O4/c1-3-11-25-16-10-9-15(17(22)12-16)13-20-21-19(23)18(24-2)14-7-5-4-6-8-14/h3-10,12-13,18,22H,1,11H2,2H3,(H,21,23)/b20-13-/t18-/m0/s1. The zero-order valence-corrected chi connectivity index (χ0v) is 13.9. The second-order valence-electron chi connectivity index (χ2n) is 5.08. The van der Waals surface area contributed by atoms with Crippen LogP contribution in [0.4, 0.5) is 0 Å². The van der Waals surface area contributed by atoms with Crippen molar-refractivity contribution in [1.29, 1.82) is 0 Å². The number of phenolic OH excluding ortho intramolecular Hbond substituents is 1. The minimum absolute atomic E-state index is 0.00841. The Morgan fingerprint density at radius 3 is 2.72 bits per heavy atom. The van der Waals surface area contributed by atoms with Gasteiger partial charge in [-0.2, -0.15) is 5.10 Å². The summed E-state index contributed by atoms with van der Waals surface area (Å²) in [4.78, 5) is 12.2. The van der Waals surface area contributed by atoms with Gasteiger partial charge in [-0.15, -0.1) is 0 Å². The first-order valence-corrected chi connectivity index (χ1v) is 7.63. The largest absolute Gasteiger partial charge is 0.507 e. The molecule has 2 aromatic carbocycles. The predicted molar refractivity (Wildman–Crippen MR) is 95.7 cm³/mol. The monoisotopic (exact) mass is 340 g/mol. The van der Waals surface area contributed by atoms with Crippen molar-refractivity contribution < 1.29 is 19.4 Å². The van der Waals surface area contributed by atoms with Gasteiger partial charge in [-0.25, -0.2) is 5.43 Å². The molecule has 0 fully saturated rings. The van der Waals surface area contributed by atoms with Gasteiger partial charge in [0, 0.05) is 18.7 Å². The van der Waals surface area contributed by atoms with Crippen molar-refractivity contribution in [2.75, 3.05) is 13.7 Å². The molecule has 2 rings (SSSR count). The highest BCUT2D eigenvalue weighted by Gasteiger charge is 2.19. The average Bonchev–Trinajstić information content (AvgIpc) is 2.63. The van der Waals surface area contributed by atoms with Crippen LogP contribution in [0.5, 0.6) is 11.5 Å². The maximum absolute atomic E-state index is 12.2. The maximum atomic E-state index is 12.2. The minimum Gasteiger partial charge on any atom is -0.507 e. The van der Waals surface area contributed by atoms with E-state index in [2.05, 4.69) is 17.1 Å². The fraction of sp³-hybridized carbons (Fsp3) is 0.158. The number of hydrazone groups is 1. The van der Waals surface area contributed by atoms with Gasteiger partial charge in [0.25, 0.3) is 5.91 Å². The summed E-state index contributed by atoms with van der Waals surface area (Å²) in [6.45, 7) is 3.90. The van der Waals surface area contributed by atoms with Crippen molar-refractivity contribution in [3.63, 3.8) is 0 Å². The van der Waals surface area contributed by atoms with Gasteiger partial charge in [-0.1, -0.05) is 43.0 Å². The zero-order valence-electron chi connectivity index (χ0n) is 13.9. The number of carbonyl (C=O) groups excluding carboxylic acids is 1. The molecule has 25 heavy (non-hydrogen) atoms. The molecule has 0 aromatic heterocycles. The number of hydrogen-bond donors (Lipinski definition) is 2. The van der Waals surface area contributed by atoms with Crippen LogP contribution < -0.4 is 10.2 Å². The number of ether oxygens (including phenoxy) is 2. The number of amides is 1. The summed E-state index contributed by atoms with van der Waals surface area (Å²) in [5, 5.41) is 13.8. The highest BCUT2D eigenvalue weighted by molar-refractivity contribution is 5.87. The molecule has 0 saturated heterocycles. The molecule has 130 valence electrons. The molecule has 0 saturated carbocycles. The van der Waals surface area contributed by atoms with E-state index in [1.165, 1.54) is 19.4 Å². The molecule has 2 N–H and O–H groups in total. The first kappa shape index (κ1) is 18.2. The number of rotatable bonds is 8. The van der Waals surface area contributed by atoms with Crippen LogP contribution in [-0.2, 0) is 9.53 Å². The number of nitrogens with one attached hydrogen (secondary N) is 1. The summed E-state index contributed by atoms with van der Waals surface area (Å²) in [7, 11) is 1.45. The lowest BCUT2D eigenvalue weighted by molar-refractivity contribution is -0.131. The van der Waals surface area contributed by atoms with Crippen LogP contribution in [0, 0.1) is 0 Å². The molecule has 2 aromatic rings. The molecule has 0 spiro atoms. The molecule has 6 nitrogen and oxygen atoms in total. The smallest absolute Gasteiger partial charge is 0.273 e. The van der Waals surface area contributed by atoms with E-state index >= 15 is 0 Å². The van der Waals surface area contributed by atoms with Crippen LogP contribution in [-0.4, -0.2) is 30.9 Å². The van der Waals surface area contributed by atoms with E-state index < -0.39 is 12.0 Å². The highest BCUT2D eigenvalue weighted by Crippen LogP contribution is 2.22. The maximum Gasteiger partial charge on any atom is 0.273 e. The average molecular weight is 340 g/mol. The number of nitrogens with zero attached hydrogens (tertiary/aromatic N) is 1. The van der Waals surface area contributed by atoms with E-state index in [4.69, 9.17) is 9.47 Å². The van der Waals surface area contributed by atoms with E-state index in [0.717, 1.165) is 5.56 Å². The van der Waals surface area contributed by atoms with Crippen LogP contribution >= 0.6 is 0 Å². The molecular formula is C19H20N2O4. The third kappa shape index (κ3) is 5.19. The van der Waals surface area contributed by atoms with E-state index in [1.807, 2.05) is 18.2 Å². The first-order valence-electron chi connectivity index (χ1n) is 7.63. The summed E-state index contributed by atoms with van der Waals surface area (Å²) < 4.78 is 10.5. The third-order valence-electron chi connectivity index (χ3n) is 3.32. The Bertz CT molecular complexity index is 744. The van der Waals surface area contributed by atoms with E-state index in [0.29, 0.717) is 17.9 Å². The third-order valence-corrected chi connectivity index (χ3v) is 3.32. The number of benzene rings is 2. The molecule has 0 bridgehead atoms. The number of hydrogen-bond acceptors (Lipinski definition) is 5. The first-order chi connectivity index (χ1) is 12.2. The van der Waals surface area contributed by atoms with Crippen molar-refractivity contribution in [3.8, 4) is 11.5 Å². The van der Waals surface area contributed by atoms with Gasteiger partial charge in [-0.3, -0.25) is 4.79 Å². The highest BCUT2D eigenvalue weighted by atomic mass is 16.5. The van der Waals surface area contributed by atoms with E-state index in [1.54, 1.807) is 30.3 Å². The topological polar surface area (TPSA) is 80.2 Å². The van der Waals surface area contributed by atoms with Gasteiger partial charge in [0.05, 0.1) is 6.21 Å². The van der Waals surface area contributed by atoms with Crippen LogP contribution in [0.15, 0.2) is 66.3 Å².